The fourth-order valence-corrected chi connectivity index (χ4v) is 8.53. The number of aromatic hydroxyl groups is 1. The molecule has 3 N–H and O–H groups in total. The highest BCUT2D eigenvalue weighted by Gasteiger charge is 2.73. The van der Waals surface area contributed by atoms with Gasteiger partial charge in [-0.05, 0) is 81.2 Å². The van der Waals surface area contributed by atoms with Crippen molar-refractivity contribution in [1.82, 2.24) is 10.2 Å². The first-order valence-corrected chi connectivity index (χ1v) is 14.2. The number of hydrogen-bond donors (Lipinski definition) is 3. The zero-order chi connectivity index (χ0) is 24.8. The molecule has 2 heterocycles. The van der Waals surface area contributed by atoms with Gasteiger partial charge in [-0.15, -0.1) is 0 Å². The van der Waals surface area contributed by atoms with Crippen molar-refractivity contribution in [3.63, 3.8) is 0 Å². The molecule has 0 radical (unpaired) electrons. The Bertz CT molecular complexity index is 1250. The maximum absolute atomic E-state index is 13.5. The summed E-state index contributed by atoms with van der Waals surface area (Å²) < 4.78 is 7.49. The first-order valence-electron chi connectivity index (χ1n) is 13.4. The van der Waals surface area contributed by atoms with Gasteiger partial charge in [-0.3, -0.25) is 9.69 Å². The summed E-state index contributed by atoms with van der Waals surface area (Å²) >= 11 is 3.58. The van der Waals surface area contributed by atoms with Crippen molar-refractivity contribution < 1.29 is 19.7 Å². The number of halogens is 1. The van der Waals surface area contributed by atoms with E-state index in [9.17, 15) is 15.0 Å². The molecule has 3 unspecified atom stereocenters. The maximum Gasteiger partial charge on any atom is 0.227 e. The van der Waals surface area contributed by atoms with Crippen LogP contribution in [0.5, 0.6) is 11.5 Å². The molecule has 7 rings (SSSR count). The molecule has 1 amide bonds. The third-order valence-corrected chi connectivity index (χ3v) is 10.6. The number of rotatable bonds is 5. The second-order valence-corrected chi connectivity index (χ2v) is 12.5. The lowest BCUT2D eigenvalue weighted by Gasteiger charge is -2.64. The van der Waals surface area contributed by atoms with Gasteiger partial charge in [0, 0.05) is 22.6 Å². The summed E-state index contributed by atoms with van der Waals surface area (Å²) in [6.07, 6.45) is 4.98. The summed E-state index contributed by atoms with van der Waals surface area (Å²) in [7, 11) is 0. The summed E-state index contributed by atoms with van der Waals surface area (Å²) in [5.41, 5.74) is 1.56. The molecule has 2 saturated carbocycles. The SMILES string of the molecule is CC(C(=O)NC1CC[C@@]2(O)[C@H]3Cc4ccc(O)c5c4[C@@]2(CCN3CC2CC2)C1O5)c1ccccc1Br. The number of nitrogens with one attached hydrogen (secondary N) is 1. The van der Waals surface area contributed by atoms with Crippen molar-refractivity contribution >= 4 is 21.8 Å². The number of hydrogen-bond acceptors (Lipinski definition) is 5. The van der Waals surface area contributed by atoms with Crippen LogP contribution in [0.15, 0.2) is 40.9 Å². The van der Waals surface area contributed by atoms with E-state index in [0.29, 0.717) is 18.6 Å². The molecule has 190 valence electrons. The van der Waals surface area contributed by atoms with Crippen molar-refractivity contribution in [2.75, 3.05) is 13.1 Å². The van der Waals surface area contributed by atoms with Gasteiger partial charge in [-0.2, -0.15) is 0 Å². The van der Waals surface area contributed by atoms with Crippen LogP contribution in [0.2, 0.25) is 0 Å². The standard InChI is InChI=1S/C29H33BrN2O4/c1-16(19-4-2-3-5-20(19)30)27(34)31-21-10-11-29(35)23-14-18-8-9-22(33)25-24(18)28(29,26(21)36-25)12-13-32(23)15-17-6-7-17/h2-5,8-9,16-17,21,23,26,33,35H,6-7,10-15H2,1H3,(H,31,34)/t16?,21?,23-,26?,28+,29-/m1/s1. The van der Waals surface area contributed by atoms with Crippen LogP contribution in [0.4, 0.5) is 0 Å². The maximum atomic E-state index is 13.5. The highest BCUT2D eigenvalue weighted by atomic mass is 79.9. The monoisotopic (exact) mass is 552 g/mol. The number of amides is 1. The average molecular weight is 553 g/mol. The molecule has 5 aliphatic rings. The van der Waals surface area contributed by atoms with E-state index in [1.165, 1.54) is 18.4 Å². The predicted molar refractivity (Wildman–Crippen MR) is 139 cm³/mol. The minimum absolute atomic E-state index is 0.0387. The van der Waals surface area contributed by atoms with E-state index in [1.54, 1.807) is 6.07 Å². The number of aliphatic hydroxyl groups is 1. The van der Waals surface area contributed by atoms with E-state index in [1.807, 2.05) is 37.3 Å². The number of carbonyl (C=O) groups is 1. The third kappa shape index (κ3) is 3.05. The fraction of sp³-hybridized carbons (Fsp3) is 0.552. The highest BCUT2D eigenvalue weighted by Crippen LogP contribution is 2.65. The van der Waals surface area contributed by atoms with Gasteiger partial charge in [0.05, 0.1) is 23.0 Å². The van der Waals surface area contributed by atoms with Crippen LogP contribution in [0.3, 0.4) is 0 Å². The highest BCUT2D eigenvalue weighted by molar-refractivity contribution is 9.10. The van der Waals surface area contributed by atoms with E-state index in [0.717, 1.165) is 47.4 Å². The van der Waals surface area contributed by atoms with Gasteiger partial charge in [0.1, 0.15) is 6.10 Å². The van der Waals surface area contributed by atoms with Gasteiger partial charge in [-0.25, -0.2) is 0 Å². The molecule has 2 aromatic carbocycles. The van der Waals surface area contributed by atoms with Gasteiger partial charge in [0.2, 0.25) is 5.91 Å². The number of nitrogens with zero attached hydrogens (tertiary/aromatic N) is 1. The van der Waals surface area contributed by atoms with E-state index in [-0.39, 0.29) is 29.7 Å². The Hall–Kier alpha value is -2.09. The van der Waals surface area contributed by atoms with Crippen LogP contribution in [-0.2, 0) is 16.6 Å². The first-order chi connectivity index (χ1) is 17.3. The fourth-order valence-electron chi connectivity index (χ4n) is 7.90. The van der Waals surface area contributed by atoms with Crippen LogP contribution >= 0.6 is 15.9 Å². The molecule has 2 bridgehead atoms. The summed E-state index contributed by atoms with van der Waals surface area (Å²) in [5, 5.41) is 26.7. The molecule has 0 aromatic heterocycles. The lowest BCUT2D eigenvalue weighted by Crippen LogP contribution is -2.78. The molecule has 6 nitrogen and oxygen atoms in total. The van der Waals surface area contributed by atoms with Crippen molar-refractivity contribution in [3.8, 4) is 11.5 Å². The molecular weight excluding hydrogens is 520 g/mol. The number of benzene rings is 2. The smallest absolute Gasteiger partial charge is 0.227 e. The number of piperidine rings is 1. The third-order valence-electron chi connectivity index (χ3n) is 9.86. The van der Waals surface area contributed by atoms with Crippen LogP contribution in [0.25, 0.3) is 0 Å². The molecule has 2 aromatic rings. The molecular formula is C29H33BrN2O4. The lowest BCUT2D eigenvalue weighted by molar-refractivity contribution is -0.192. The normalized spacial score (nSPS) is 35.0. The second kappa shape index (κ2) is 7.95. The largest absolute Gasteiger partial charge is 0.504 e. The van der Waals surface area contributed by atoms with Crippen molar-refractivity contribution in [1.29, 1.82) is 0 Å². The number of ether oxygens (including phenoxy) is 1. The van der Waals surface area contributed by atoms with Crippen molar-refractivity contribution in [3.05, 3.63) is 57.6 Å². The zero-order valence-electron chi connectivity index (χ0n) is 20.5. The van der Waals surface area contributed by atoms with Crippen molar-refractivity contribution in [2.45, 2.75) is 80.6 Å². The van der Waals surface area contributed by atoms with Crippen LogP contribution in [-0.4, -0.2) is 57.9 Å². The summed E-state index contributed by atoms with van der Waals surface area (Å²) in [5.74, 6) is 1.03. The number of phenolic OH excluding ortho intramolecular Hbond substituents is 1. The Morgan fingerprint density at radius 1 is 1.22 bits per heavy atom. The van der Waals surface area contributed by atoms with E-state index in [2.05, 4.69) is 26.1 Å². The summed E-state index contributed by atoms with van der Waals surface area (Å²) in [6.45, 7) is 3.89. The molecule has 1 spiro atoms. The predicted octanol–water partition coefficient (Wildman–Crippen LogP) is 4.01. The van der Waals surface area contributed by atoms with E-state index < -0.39 is 17.1 Å². The first kappa shape index (κ1) is 23.1. The van der Waals surface area contributed by atoms with Crippen LogP contribution in [0, 0.1) is 5.92 Å². The van der Waals surface area contributed by atoms with Crippen LogP contribution < -0.4 is 10.1 Å². The van der Waals surface area contributed by atoms with Crippen molar-refractivity contribution in [2.24, 2.45) is 5.92 Å². The van der Waals surface area contributed by atoms with Gasteiger partial charge >= 0.3 is 0 Å². The Morgan fingerprint density at radius 2 is 2.03 bits per heavy atom. The molecule has 36 heavy (non-hydrogen) atoms. The molecule has 2 aliphatic heterocycles. The second-order valence-electron chi connectivity index (χ2n) is 11.7. The summed E-state index contributed by atoms with van der Waals surface area (Å²) in [6, 6.07) is 11.4. The average Bonchev–Trinajstić information content (AvgIpc) is 3.60. The quantitative estimate of drug-likeness (QED) is 0.522. The summed E-state index contributed by atoms with van der Waals surface area (Å²) in [4.78, 5) is 16.0. The number of phenols is 1. The minimum atomic E-state index is -0.938. The molecule has 6 atom stereocenters. The van der Waals surface area contributed by atoms with Gasteiger partial charge in [0.15, 0.2) is 11.5 Å². The van der Waals surface area contributed by atoms with Gasteiger partial charge < -0.3 is 20.3 Å². The van der Waals surface area contributed by atoms with E-state index in [4.69, 9.17) is 4.74 Å². The van der Waals surface area contributed by atoms with Crippen LogP contribution in [0.1, 0.15) is 61.6 Å². The topological polar surface area (TPSA) is 82.0 Å². The Kier molecular flexibility index (Phi) is 5.09. The minimum Gasteiger partial charge on any atom is -0.504 e. The van der Waals surface area contributed by atoms with Gasteiger partial charge in [0.25, 0.3) is 0 Å². The molecule has 3 fully saturated rings. The molecule has 3 aliphatic carbocycles. The Morgan fingerprint density at radius 3 is 2.81 bits per heavy atom. The number of likely N-dealkylation sites (tertiary alicyclic amines) is 1. The van der Waals surface area contributed by atoms with E-state index >= 15 is 0 Å². The lowest BCUT2D eigenvalue weighted by atomic mass is 9.48. The zero-order valence-corrected chi connectivity index (χ0v) is 22.1. The Balaban J connectivity index is 1.25. The molecule has 7 heteroatoms. The number of carbonyl (C=O) groups excluding carboxylic acids is 1. The van der Waals surface area contributed by atoms with Gasteiger partial charge in [-0.1, -0.05) is 40.2 Å². The molecule has 1 saturated heterocycles. The Labute approximate surface area is 220 Å².